The molecule has 1 aliphatic carbocycles. The molecule has 100 valence electrons. The first kappa shape index (κ1) is 13.6. The van der Waals surface area contributed by atoms with E-state index in [1.165, 1.54) is 18.4 Å². The van der Waals surface area contributed by atoms with Crippen LogP contribution in [0.15, 0.2) is 30.3 Å². The molecule has 0 amide bonds. The Labute approximate surface area is 111 Å². The van der Waals surface area contributed by atoms with E-state index < -0.39 is 0 Å². The fraction of sp³-hybridized carbons (Fsp3) is 0.625. The van der Waals surface area contributed by atoms with Crippen LogP contribution in [0, 0.1) is 11.3 Å². The van der Waals surface area contributed by atoms with Gasteiger partial charge < -0.3 is 10.1 Å². The lowest BCUT2D eigenvalue weighted by Crippen LogP contribution is -2.33. The molecule has 0 spiro atoms. The van der Waals surface area contributed by atoms with Crippen molar-refractivity contribution in [2.75, 3.05) is 19.8 Å². The maximum Gasteiger partial charge on any atom is 0.0529 e. The van der Waals surface area contributed by atoms with Crippen molar-refractivity contribution in [2.45, 2.75) is 33.2 Å². The zero-order valence-electron chi connectivity index (χ0n) is 11.6. The van der Waals surface area contributed by atoms with Crippen molar-refractivity contribution in [2.24, 2.45) is 11.3 Å². The van der Waals surface area contributed by atoms with E-state index in [4.69, 9.17) is 4.74 Å². The number of hydrogen-bond donors (Lipinski definition) is 1. The summed E-state index contributed by atoms with van der Waals surface area (Å²) in [5.74, 6) is 0.859. The molecular formula is C16H25NO. The predicted octanol–water partition coefficient (Wildman–Crippen LogP) is 3.23. The second-order valence-electron chi connectivity index (χ2n) is 6.21. The Morgan fingerprint density at radius 1 is 1.22 bits per heavy atom. The molecule has 1 saturated carbocycles. The Kier molecular flexibility index (Phi) is 4.79. The van der Waals surface area contributed by atoms with E-state index in [1.54, 1.807) is 0 Å². The lowest BCUT2D eigenvalue weighted by atomic mass is 9.95. The smallest absolute Gasteiger partial charge is 0.0529 e. The van der Waals surface area contributed by atoms with E-state index in [1.807, 2.05) is 0 Å². The fourth-order valence-electron chi connectivity index (χ4n) is 1.98. The van der Waals surface area contributed by atoms with Gasteiger partial charge in [0, 0.05) is 25.1 Å². The lowest BCUT2D eigenvalue weighted by Gasteiger charge is -2.25. The summed E-state index contributed by atoms with van der Waals surface area (Å²) < 4.78 is 5.79. The monoisotopic (exact) mass is 247 g/mol. The zero-order chi connectivity index (χ0) is 12.8. The second kappa shape index (κ2) is 6.35. The summed E-state index contributed by atoms with van der Waals surface area (Å²) in [6, 6.07) is 10.5. The number of nitrogens with one attached hydrogen (secondary N) is 1. The molecule has 1 fully saturated rings. The molecule has 0 radical (unpaired) electrons. The lowest BCUT2D eigenvalue weighted by molar-refractivity contribution is 0.0555. The molecular weight excluding hydrogens is 222 g/mol. The van der Waals surface area contributed by atoms with Crippen LogP contribution >= 0.6 is 0 Å². The van der Waals surface area contributed by atoms with Gasteiger partial charge in [-0.2, -0.15) is 0 Å². The summed E-state index contributed by atoms with van der Waals surface area (Å²) in [6.45, 7) is 8.27. The summed E-state index contributed by atoms with van der Waals surface area (Å²) >= 11 is 0. The van der Waals surface area contributed by atoms with Crippen molar-refractivity contribution in [1.29, 1.82) is 0 Å². The summed E-state index contributed by atoms with van der Waals surface area (Å²) in [4.78, 5) is 0. The standard InChI is InChI=1S/C16H25NO/c1-16(2,13-18-11-15-8-9-15)12-17-10-14-6-4-3-5-7-14/h3-7,15,17H,8-13H2,1-2H3. The normalized spacial score (nSPS) is 15.9. The average molecular weight is 247 g/mol. The number of ether oxygens (including phenoxy) is 1. The molecule has 0 aromatic heterocycles. The second-order valence-corrected chi connectivity index (χ2v) is 6.21. The highest BCUT2D eigenvalue weighted by Gasteiger charge is 2.23. The van der Waals surface area contributed by atoms with Gasteiger partial charge in [0.2, 0.25) is 0 Å². The van der Waals surface area contributed by atoms with Crippen molar-refractivity contribution in [1.82, 2.24) is 5.32 Å². The molecule has 0 saturated heterocycles. The van der Waals surface area contributed by atoms with Gasteiger partial charge in [-0.25, -0.2) is 0 Å². The van der Waals surface area contributed by atoms with Gasteiger partial charge >= 0.3 is 0 Å². The predicted molar refractivity (Wildman–Crippen MR) is 75.5 cm³/mol. The number of rotatable bonds is 8. The van der Waals surface area contributed by atoms with Gasteiger partial charge in [-0.05, 0) is 24.3 Å². The SMILES string of the molecule is CC(C)(CNCc1ccccc1)COCC1CC1. The van der Waals surface area contributed by atoms with E-state index in [2.05, 4.69) is 49.5 Å². The third-order valence-electron chi connectivity index (χ3n) is 3.32. The van der Waals surface area contributed by atoms with E-state index >= 15 is 0 Å². The van der Waals surface area contributed by atoms with Crippen LogP contribution in [0.3, 0.4) is 0 Å². The van der Waals surface area contributed by atoms with Gasteiger partial charge in [-0.3, -0.25) is 0 Å². The molecule has 1 aromatic rings. The molecule has 0 atom stereocenters. The van der Waals surface area contributed by atoms with Crippen LogP contribution in [0.2, 0.25) is 0 Å². The highest BCUT2D eigenvalue weighted by Crippen LogP contribution is 2.29. The minimum absolute atomic E-state index is 0.212. The van der Waals surface area contributed by atoms with Crippen molar-refractivity contribution >= 4 is 0 Å². The quantitative estimate of drug-likeness (QED) is 0.761. The van der Waals surface area contributed by atoms with Crippen molar-refractivity contribution in [3.05, 3.63) is 35.9 Å². The highest BCUT2D eigenvalue weighted by molar-refractivity contribution is 5.14. The molecule has 1 aromatic carbocycles. The molecule has 18 heavy (non-hydrogen) atoms. The van der Waals surface area contributed by atoms with Crippen molar-refractivity contribution in [3.63, 3.8) is 0 Å². The Balaban J connectivity index is 1.61. The van der Waals surface area contributed by atoms with Crippen LogP contribution in [0.1, 0.15) is 32.3 Å². The highest BCUT2D eigenvalue weighted by atomic mass is 16.5. The van der Waals surface area contributed by atoms with Crippen LogP contribution in [0.5, 0.6) is 0 Å². The molecule has 0 aliphatic heterocycles. The Morgan fingerprint density at radius 2 is 1.94 bits per heavy atom. The molecule has 0 unspecified atom stereocenters. The first-order valence-electron chi connectivity index (χ1n) is 6.98. The average Bonchev–Trinajstić information content (AvgIpc) is 3.14. The third-order valence-corrected chi connectivity index (χ3v) is 3.32. The number of hydrogen-bond acceptors (Lipinski definition) is 2. The zero-order valence-corrected chi connectivity index (χ0v) is 11.6. The fourth-order valence-corrected chi connectivity index (χ4v) is 1.98. The van der Waals surface area contributed by atoms with Crippen LogP contribution in [0.25, 0.3) is 0 Å². The van der Waals surface area contributed by atoms with E-state index in [0.717, 1.165) is 32.2 Å². The molecule has 0 bridgehead atoms. The van der Waals surface area contributed by atoms with E-state index in [9.17, 15) is 0 Å². The van der Waals surface area contributed by atoms with Gasteiger partial charge in [0.15, 0.2) is 0 Å². The summed E-state index contributed by atoms with van der Waals surface area (Å²) in [5.41, 5.74) is 1.55. The first-order valence-corrected chi connectivity index (χ1v) is 6.98. The topological polar surface area (TPSA) is 21.3 Å². The maximum absolute atomic E-state index is 5.79. The first-order chi connectivity index (χ1) is 8.66. The molecule has 2 rings (SSSR count). The van der Waals surface area contributed by atoms with Crippen LogP contribution in [0.4, 0.5) is 0 Å². The van der Waals surface area contributed by atoms with Crippen LogP contribution in [-0.4, -0.2) is 19.8 Å². The Hall–Kier alpha value is -0.860. The van der Waals surface area contributed by atoms with Crippen LogP contribution in [-0.2, 0) is 11.3 Å². The Bertz CT molecular complexity index is 343. The minimum atomic E-state index is 0.212. The molecule has 1 N–H and O–H groups in total. The summed E-state index contributed by atoms with van der Waals surface area (Å²) in [6.07, 6.45) is 2.74. The van der Waals surface area contributed by atoms with Crippen molar-refractivity contribution in [3.8, 4) is 0 Å². The maximum atomic E-state index is 5.79. The minimum Gasteiger partial charge on any atom is -0.381 e. The van der Waals surface area contributed by atoms with Gasteiger partial charge in [0.05, 0.1) is 6.61 Å². The summed E-state index contributed by atoms with van der Waals surface area (Å²) in [7, 11) is 0. The molecule has 1 aliphatic rings. The third kappa shape index (κ3) is 5.19. The Morgan fingerprint density at radius 3 is 2.61 bits per heavy atom. The number of benzene rings is 1. The molecule has 2 nitrogen and oxygen atoms in total. The van der Waals surface area contributed by atoms with E-state index in [-0.39, 0.29) is 5.41 Å². The largest absolute Gasteiger partial charge is 0.381 e. The summed E-state index contributed by atoms with van der Waals surface area (Å²) in [5, 5.41) is 3.52. The van der Waals surface area contributed by atoms with E-state index in [0.29, 0.717) is 0 Å². The van der Waals surface area contributed by atoms with Gasteiger partial charge in [0.1, 0.15) is 0 Å². The van der Waals surface area contributed by atoms with Gasteiger partial charge in [0.25, 0.3) is 0 Å². The van der Waals surface area contributed by atoms with Gasteiger partial charge in [-0.15, -0.1) is 0 Å². The van der Waals surface area contributed by atoms with Crippen molar-refractivity contribution < 1.29 is 4.74 Å². The molecule has 2 heteroatoms. The van der Waals surface area contributed by atoms with Gasteiger partial charge in [-0.1, -0.05) is 44.2 Å². The molecule has 0 heterocycles. The van der Waals surface area contributed by atoms with Crippen LogP contribution < -0.4 is 5.32 Å².